The van der Waals surface area contributed by atoms with Gasteiger partial charge in [-0.3, -0.25) is 14.2 Å². The SMILES string of the molecule is CCN(CC)CC.CCN1C(=O)/C(=C2/OC(c3ccccc3)=C(c3ccccc3)N2CCCS(=O)(=O)O)SC1=S. The van der Waals surface area contributed by atoms with E-state index in [0.29, 0.717) is 33.1 Å². The van der Waals surface area contributed by atoms with Crippen LogP contribution in [-0.4, -0.2) is 76.4 Å². The highest BCUT2D eigenvalue weighted by Crippen LogP contribution is 2.45. The largest absolute Gasteiger partial charge is 0.437 e. The van der Waals surface area contributed by atoms with E-state index in [1.165, 1.54) is 36.3 Å². The van der Waals surface area contributed by atoms with Crippen LogP contribution in [0.3, 0.4) is 0 Å². The van der Waals surface area contributed by atoms with Gasteiger partial charge in [-0.05, 0) is 44.7 Å². The molecule has 8 nitrogen and oxygen atoms in total. The van der Waals surface area contributed by atoms with E-state index in [2.05, 4.69) is 25.7 Å². The molecule has 4 rings (SSSR count). The molecule has 1 saturated heterocycles. The number of carbonyl (C=O) groups excluding carboxylic acids is 1. The fraction of sp³-hybridized carbons (Fsp3) is 0.379. The van der Waals surface area contributed by atoms with Gasteiger partial charge in [0.05, 0.1) is 11.4 Å². The zero-order valence-corrected chi connectivity index (χ0v) is 25.8. The molecule has 2 aromatic carbocycles. The van der Waals surface area contributed by atoms with Crippen molar-refractivity contribution in [2.45, 2.75) is 34.1 Å². The van der Waals surface area contributed by atoms with E-state index in [9.17, 15) is 17.8 Å². The second kappa shape index (κ2) is 14.8. The van der Waals surface area contributed by atoms with E-state index in [1.807, 2.05) is 72.5 Å². The highest BCUT2D eigenvalue weighted by molar-refractivity contribution is 8.26. The lowest BCUT2D eigenvalue weighted by Crippen LogP contribution is -2.29. The first kappa shape index (κ1) is 31.8. The number of thiocarbonyl (C=S) groups is 1. The van der Waals surface area contributed by atoms with Crippen LogP contribution in [0.1, 0.15) is 45.2 Å². The van der Waals surface area contributed by atoms with Crippen LogP contribution in [0.25, 0.3) is 11.5 Å². The van der Waals surface area contributed by atoms with Gasteiger partial charge in [0.15, 0.2) is 5.76 Å². The number of hydrogen-bond donors (Lipinski definition) is 1. The topological polar surface area (TPSA) is 90.4 Å². The summed E-state index contributed by atoms with van der Waals surface area (Å²) >= 11 is 6.55. The number of amides is 1. The smallest absolute Gasteiger partial charge is 0.271 e. The maximum Gasteiger partial charge on any atom is 0.271 e. The van der Waals surface area contributed by atoms with E-state index in [1.54, 1.807) is 0 Å². The van der Waals surface area contributed by atoms with Gasteiger partial charge in [0, 0.05) is 24.2 Å². The Morgan fingerprint density at radius 3 is 1.90 bits per heavy atom. The lowest BCUT2D eigenvalue weighted by molar-refractivity contribution is -0.122. The normalized spacial score (nSPS) is 17.4. The minimum Gasteiger partial charge on any atom is -0.437 e. The second-order valence-corrected chi connectivity index (χ2v) is 12.2. The van der Waals surface area contributed by atoms with Crippen LogP contribution >= 0.6 is 24.0 Å². The summed E-state index contributed by atoms with van der Waals surface area (Å²) in [7, 11) is -4.13. The molecule has 216 valence electrons. The molecule has 1 fully saturated rings. The summed E-state index contributed by atoms with van der Waals surface area (Å²) in [5, 5.41) is 0. The molecule has 0 aromatic heterocycles. The number of nitrogens with zero attached hydrogens (tertiary/aromatic N) is 3. The highest BCUT2D eigenvalue weighted by Gasteiger charge is 2.41. The van der Waals surface area contributed by atoms with E-state index < -0.39 is 15.9 Å². The Bertz CT molecular complexity index is 1340. The average molecular weight is 604 g/mol. The number of likely N-dealkylation sites (N-methyl/N-ethyl adjacent to an activating group) is 1. The third-order valence-electron chi connectivity index (χ3n) is 6.50. The van der Waals surface area contributed by atoms with Gasteiger partial charge in [-0.2, -0.15) is 8.42 Å². The Morgan fingerprint density at radius 2 is 1.45 bits per heavy atom. The molecule has 11 heteroatoms. The molecule has 2 aromatic rings. The predicted molar refractivity (Wildman–Crippen MR) is 167 cm³/mol. The van der Waals surface area contributed by atoms with Gasteiger partial charge in [-0.25, -0.2) is 0 Å². The summed E-state index contributed by atoms with van der Waals surface area (Å²) < 4.78 is 38.8. The zero-order chi connectivity index (χ0) is 29.3. The lowest BCUT2D eigenvalue weighted by Gasteiger charge is -2.22. The van der Waals surface area contributed by atoms with Crippen LogP contribution < -0.4 is 0 Å². The van der Waals surface area contributed by atoms with Crippen molar-refractivity contribution in [3.63, 3.8) is 0 Å². The van der Waals surface area contributed by atoms with E-state index in [4.69, 9.17) is 17.0 Å². The van der Waals surface area contributed by atoms with Crippen LogP contribution in [0.4, 0.5) is 0 Å². The Balaban J connectivity index is 0.000000559. The number of rotatable bonds is 10. The number of hydrogen-bond acceptors (Lipinski definition) is 8. The number of carbonyl (C=O) groups is 1. The van der Waals surface area contributed by atoms with Gasteiger partial charge in [-0.1, -0.05) is 93.7 Å². The molecule has 2 aliphatic heterocycles. The van der Waals surface area contributed by atoms with Gasteiger partial charge in [-0.15, -0.1) is 0 Å². The summed E-state index contributed by atoms with van der Waals surface area (Å²) in [4.78, 5) is 19.1. The standard InChI is InChI=1S/C23H22N2O5S3.C6H15N/c1-2-24-21(26)20(32-23(24)31)22-25(14-9-15-33(27,28)29)18(16-10-5-3-6-11-16)19(30-22)17-12-7-4-8-13-17;1-4-7(5-2)6-3/h3-8,10-13H,2,9,14-15H2,1H3,(H,27,28,29);4-6H2,1-3H3/b22-20-;. The van der Waals surface area contributed by atoms with Gasteiger partial charge in [0.25, 0.3) is 16.0 Å². The van der Waals surface area contributed by atoms with Crippen molar-refractivity contribution in [3.8, 4) is 0 Å². The maximum absolute atomic E-state index is 13.1. The molecule has 2 aliphatic rings. The van der Waals surface area contributed by atoms with Crippen LogP contribution in [-0.2, 0) is 19.6 Å². The first-order chi connectivity index (χ1) is 19.1. The summed E-state index contributed by atoms with van der Waals surface area (Å²) in [6.07, 6.45) is 0.137. The molecule has 0 bridgehead atoms. The Hall–Kier alpha value is -2.70. The van der Waals surface area contributed by atoms with Gasteiger partial charge >= 0.3 is 0 Å². The molecule has 2 heterocycles. The summed E-state index contributed by atoms with van der Waals surface area (Å²) in [6, 6.07) is 19.1. The van der Waals surface area contributed by atoms with Gasteiger partial charge < -0.3 is 14.5 Å². The monoisotopic (exact) mass is 603 g/mol. The van der Waals surface area contributed by atoms with Crippen molar-refractivity contribution >= 4 is 55.8 Å². The average Bonchev–Trinajstić information content (AvgIpc) is 3.46. The van der Waals surface area contributed by atoms with Crippen LogP contribution in [0.2, 0.25) is 0 Å². The predicted octanol–water partition coefficient (Wildman–Crippen LogP) is 5.52. The molecular formula is C29H37N3O5S3. The lowest BCUT2D eigenvalue weighted by atomic mass is 10.1. The summed E-state index contributed by atoms with van der Waals surface area (Å²) in [6.45, 7) is 12.6. The Morgan fingerprint density at radius 1 is 0.900 bits per heavy atom. The molecule has 1 amide bonds. The van der Waals surface area contributed by atoms with Crippen molar-refractivity contribution in [2.75, 3.05) is 38.5 Å². The fourth-order valence-corrected chi connectivity index (χ4v) is 6.24. The summed E-state index contributed by atoms with van der Waals surface area (Å²) in [5.41, 5.74) is 2.38. The molecule has 0 spiro atoms. The van der Waals surface area contributed by atoms with Crippen molar-refractivity contribution in [1.29, 1.82) is 0 Å². The van der Waals surface area contributed by atoms with Crippen LogP contribution in [0.15, 0.2) is 71.5 Å². The molecule has 0 saturated carbocycles. The number of benzene rings is 2. The van der Waals surface area contributed by atoms with Crippen LogP contribution in [0.5, 0.6) is 0 Å². The third-order valence-corrected chi connectivity index (χ3v) is 8.72. The quantitative estimate of drug-likeness (QED) is 0.214. The minimum absolute atomic E-state index is 0.137. The zero-order valence-electron chi connectivity index (χ0n) is 23.4. The molecule has 0 atom stereocenters. The molecule has 1 N–H and O–H groups in total. The van der Waals surface area contributed by atoms with Crippen molar-refractivity contribution in [2.24, 2.45) is 0 Å². The van der Waals surface area contributed by atoms with Crippen LogP contribution in [0, 0.1) is 0 Å². The van der Waals surface area contributed by atoms with Gasteiger partial charge in [0.1, 0.15) is 9.23 Å². The highest BCUT2D eigenvalue weighted by atomic mass is 32.2. The van der Waals surface area contributed by atoms with E-state index in [-0.39, 0.29) is 18.9 Å². The Labute approximate surface area is 247 Å². The van der Waals surface area contributed by atoms with E-state index >= 15 is 0 Å². The van der Waals surface area contributed by atoms with Crippen molar-refractivity contribution < 1.29 is 22.5 Å². The van der Waals surface area contributed by atoms with Crippen molar-refractivity contribution in [3.05, 3.63) is 82.6 Å². The Kier molecular flexibility index (Phi) is 11.8. The first-order valence-electron chi connectivity index (χ1n) is 13.4. The van der Waals surface area contributed by atoms with E-state index in [0.717, 1.165) is 11.1 Å². The molecular weight excluding hydrogens is 567 g/mol. The first-order valence-corrected chi connectivity index (χ1v) is 16.2. The minimum atomic E-state index is -4.13. The maximum atomic E-state index is 13.1. The molecule has 0 unspecified atom stereocenters. The second-order valence-electron chi connectivity index (χ2n) is 8.97. The molecule has 0 aliphatic carbocycles. The van der Waals surface area contributed by atoms with Crippen molar-refractivity contribution in [1.82, 2.24) is 14.7 Å². The number of ether oxygens (including phenoxy) is 1. The summed E-state index contributed by atoms with van der Waals surface area (Å²) in [5.74, 6) is 0.223. The fourth-order valence-electron chi connectivity index (χ4n) is 4.35. The third kappa shape index (κ3) is 7.94. The number of thioether (sulfide) groups is 1. The molecule has 0 radical (unpaired) electrons. The molecule has 40 heavy (non-hydrogen) atoms. The van der Waals surface area contributed by atoms with Gasteiger partial charge in [0.2, 0.25) is 5.88 Å².